The maximum atomic E-state index is 5.49. The van der Waals surface area contributed by atoms with Gasteiger partial charge in [0.15, 0.2) is 11.5 Å². The van der Waals surface area contributed by atoms with Crippen molar-refractivity contribution in [1.29, 1.82) is 0 Å². The Balaban J connectivity index is 1.97. The minimum Gasteiger partial charge on any atom is -0.493 e. The molecule has 0 unspecified atom stereocenters. The third-order valence-corrected chi connectivity index (χ3v) is 3.26. The minimum absolute atomic E-state index is 0.409. The monoisotopic (exact) mass is 251 g/mol. The molecule has 0 radical (unpaired) electrons. The molecule has 1 N–H and O–H groups in total. The van der Waals surface area contributed by atoms with Crippen molar-refractivity contribution in [2.24, 2.45) is 0 Å². The molecule has 1 aliphatic rings. The van der Waals surface area contributed by atoms with Gasteiger partial charge in [-0.25, -0.2) is 0 Å². The summed E-state index contributed by atoms with van der Waals surface area (Å²) in [6.45, 7) is 2.60. The molecule has 1 aromatic carbocycles. The van der Waals surface area contributed by atoms with Crippen LogP contribution in [0.3, 0.4) is 0 Å². The van der Waals surface area contributed by atoms with Crippen LogP contribution in [0.25, 0.3) is 0 Å². The Morgan fingerprint density at radius 1 is 1.22 bits per heavy atom. The van der Waals surface area contributed by atoms with Crippen LogP contribution < -0.4 is 14.8 Å². The van der Waals surface area contributed by atoms with Crippen molar-refractivity contribution in [3.63, 3.8) is 0 Å². The van der Waals surface area contributed by atoms with Crippen LogP contribution in [0, 0.1) is 0 Å². The van der Waals surface area contributed by atoms with Gasteiger partial charge < -0.3 is 19.5 Å². The molecule has 0 bridgehead atoms. The molecular formula is C14H21NO3. The summed E-state index contributed by atoms with van der Waals surface area (Å²) in [5, 5.41) is 3.47. The Kier molecular flexibility index (Phi) is 4.31. The van der Waals surface area contributed by atoms with Crippen LogP contribution in [-0.2, 0) is 4.74 Å². The molecule has 2 rings (SSSR count). The quantitative estimate of drug-likeness (QED) is 0.843. The molecule has 100 valence electrons. The number of benzene rings is 1. The van der Waals surface area contributed by atoms with Gasteiger partial charge in [0.25, 0.3) is 0 Å². The molecule has 18 heavy (non-hydrogen) atoms. The van der Waals surface area contributed by atoms with Crippen molar-refractivity contribution >= 4 is 5.69 Å². The van der Waals surface area contributed by atoms with Crippen molar-refractivity contribution in [3.8, 4) is 11.5 Å². The molecule has 0 atom stereocenters. The molecule has 4 heteroatoms. The second-order valence-corrected chi connectivity index (χ2v) is 4.47. The number of hydrogen-bond acceptors (Lipinski definition) is 4. The SMILES string of the molecule is CCOc1ccc(NC2CC(OC)C2)cc1OC. The zero-order valence-corrected chi connectivity index (χ0v) is 11.2. The van der Waals surface area contributed by atoms with E-state index in [0.29, 0.717) is 18.8 Å². The molecule has 1 fully saturated rings. The number of ether oxygens (including phenoxy) is 3. The number of nitrogens with one attached hydrogen (secondary N) is 1. The lowest BCUT2D eigenvalue weighted by Gasteiger charge is -2.35. The van der Waals surface area contributed by atoms with Gasteiger partial charge in [-0.05, 0) is 31.9 Å². The fourth-order valence-electron chi connectivity index (χ4n) is 2.14. The fourth-order valence-corrected chi connectivity index (χ4v) is 2.14. The average Bonchev–Trinajstić information content (AvgIpc) is 2.35. The van der Waals surface area contributed by atoms with Gasteiger partial charge in [0.05, 0.1) is 19.8 Å². The lowest BCUT2D eigenvalue weighted by atomic mass is 9.89. The predicted molar refractivity (Wildman–Crippen MR) is 71.6 cm³/mol. The first kappa shape index (κ1) is 13.0. The third kappa shape index (κ3) is 2.88. The smallest absolute Gasteiger partial charge is 0.162 e. The van der Waals surface area contributed by atoms with E-state index in [9.17, 15) is 0 Å². The van der Waals surface area contributed by atoms with E-state index in [0.717, 1.165) is 30.0 Å². The Bertz CT molecular complexity index is 389. The van der Waals surface area contributed by atoms with E-state index in [1.807, 2.05) is 25.1 Å². The van der Waals surface area contributed by atoms with Gasteiger partial charge >= 0.3 is 0 Å². The molecule has 0 spiro atoms. The van der Waals surface area contributed by atoms with E-state index in [4.69, 9.17) is 14.2 Å². The summed E-state index contributed by atoms with van der Waals surface area (Å²) in [7, 11) is 3.42. The predicted octanol–water partition coefficient (Wildman–Crippen LogP) is 2.68. The Hall–Kier alpha value is -1.42. The van der Waals surface area contributed by atoms with E-state index in [1.54, 1.807) is 14.2 Å². The summed E-state index contributed by atoms with van der Waals surface area (Å²) in [5.41, 5.74) is 1.06. The average molecular weight is 251 g/mol. The largest absolute Gasteiger partial charge is 0.493 e. The lowest BCUT2D eigenvalue weighted by Crippen LogP contribution is -2.40. The zero-order valence-electron chi connectivity index (χ0n) is 11.2. The maximum absolute atomic E-state index is 5.49. The van der Waals surface area contributed by atoms with Gasteiger partial charge in [-0.2, -0.15) is 0 Å². The number of rotatable bonds is 6. The first-order chi connectivity index (χ1) is 8.76. The molecule has 0 saturated heterocycles. The summed E-state index contributed by atoms with van der Waals surface area (Å²) in [5.74, 6) is 1.55. The number of methoxy groups -OCH3 is 2. The third-order valence-electron chi connectivity index (χ3n) is 3.26. The molecule has 1 saturated carbocycles. The maximum Gasteiger partial charge on any atom is 0.162 e. The van der Waals surface area contributed by atoms with Crippen LogP contribution in [-0.4, -0.2) is 33.0 Å². The zero-order chi connectivity index (χ0) is 13.0. The molecule has 1 aliphatic carbocycles. The van der Waals surface area contributed by atoms with E-state index >= 15 is 0 Å². The van der Waals surface area contributed by atoms with Gasteiger partial charge in [0.1, 0.15) is 0 Å². The van der Waals surface area contributed by atoms with Crippen molar-refractivity contribution in [1.82, 2.24) is 0 Å². The highest BCUT2D eigenvalue weighted by Gasteiger charge is 2.28. The van der Waals surface area contributed by atoms with Crippen molar-refractivity contribution in [2.45, 2.75) is 31.9 Å². The highest BCUT2D eigenvalue weighted by atomic mass is 16.5. The fraction of sp³-hybridized carbons (Fsp3) is 0.571. The van der Waals surface area contributed by atoms with Gasteiger partial charge in [-0.3, -0.25) is 0 Å². The van der Waals surface area contributed by atoms with Crippen molar-refractivity contribution < 1.29 is 14.2 Å². The lowest BCUT2D eigenvalue weighted by molar-refractivity contribution is 0.0328. The standard InChI is InChI=1S/C14H21NO3/c1-4-18-13-6-5-10(9-14(13)17-3)15-11-7-12(8-11)16-2/h5-6,9,11-12,15H,4,7-8H2,1-3H3. The summed E-state index contributed by atoms with van der Waals surface area (Å²) >= 11 is 0. The Labute approximate surface area is 108 Å². The number of hydrogen-bond donors (Lipinski definition) is 1. The summed E-state index contributed by atoms with van der Waals surface area (Å²) in [4.78, 5) is 0. The molecule has 0 aliphatic heterocycles. The molecule has 0 heterocycles. The molecule has 4 nitrogen and oxygen atoms in total. The number of anilines is 1. The Morgan fingerprint density at radius 3 is 2.61 bits per heavy atom. The molecule has 1 aromatic rings. The normalized spacial score (nSPS) is 22.2. The van der Waals surface area contributed by atoms with E-state index in [1.165, 1.54) is 0 Å². The first-order valence-electron chi connectivity index (χ1n) is 6.37. The van der Waals surface area contributed by atoms with Crippen LogP contribution >= 0.6 is 0 Å². The highest BCUT2D eigenvalue weighted by Crippen LogP contribution is 2.32. The van der Waals surface area contributed by atoms with E-state index in [2.05, 4.69) is 5.32 Å². The second kappa shape index (κ2) is 5.96. The second-order valence-electron chi connectivity index (χ2n) is 4.47. The van der Waals surface area contributed by atoms with Crippen LogP contribution in [0.1, 0.15) is 19.8 Å². The van der Waals surface area contributed by atoms with E-state index < -0.39 is 0 Å². The summed E-state index contributed by atoms with van der Waals surface area (Å²) in [6, 6.07) is 6.44. The van der Waals surface area contributed by atoms with Crippen LogP contribution in [0.4, 0.5) is 5.69 Å². The molecule has 0 amide bonds. The van der Waals surface area contributed by atoms with Crippen LogP contribution in [0.2, 0.25) is 0 Å². The van der Waals surface area contributed by atoms with Crippen molar-refractivity contribution in [2.75, 3.05) is 26.1 Å². The minimum atomic E-state index is 0.409. The van der Waals surface area contributed by atoms with Gasteiger partial charge in [-0.1, -0.05) is 0 Å². The van der Waals surface area contributed by atoms with Crippen molar-refractivity contribution in [3.05, 3.63) is 18.2 Å². The van der Waals surface area contributed by atoms with Crippen LogP contribution in [0.15, 0.2) is 18.2 Å². The topological polar surface area (TPSA) is 39.7 Å². The van der Waals surface area contributed by atoms with Gasteiger partial charge in [0.2, 0.25) is 0 Å². The summed E-state index contributed by atoms with van der Waals surface area (Å²) < 4.78 is 16.1. The molecular weight excluding hydrogens is 230 g/mol. The summed E-state index contributed by atoms with van der Waals surface area (Å²) in [6.07, 6.45) is 2.53. The Morgan fingerprint density at radius 2 is 2.00 bits per heavy atom. The van der Waals surface area contributed by atoms with Crippen LogP contribution in [0.5, 0.6) is 11.5 Å². The highest BCUT2D eigenvalue weighted by molar-refractivity contribution is 5.55. The molecule has 0 aromatic heterocycles. The first-order valence-corrected chi connectivity index (χ1v) is 6.37. The van der Waals surface area contributed by atoms with E-state index in [-0.39, 0.29) is 0 Å². The van der Waals surface area contributed by atoms with Gasteiger partial charge in [-0.15, -0.1) is 0 Å². The van der Waals surface area contributed by atoms with Gasteiger partial charge in [0, 0.05) is 24.9 Å².